The molecule has 1 amide bonds. The van der Waals surface area contributed by atoms with E-state index in [0.29, 0.717) is 18.7 Å². The second-order valence-corrected chi connectivity index (χ2v) is 12.3. The lowest BCUT2D eigenvalue weighted by atomic mass is 9.82. The van der Waals surface area contributed by atoms with Crippen LogP contribution in [0.3, 0.4) is 0 Å². The van der Waals surface area contributed by atoms with Gasteiger partial charge in [-0.2, -0.15) is 0 Å². The zero-order valence-electron chi connectivity index (χ0n) is 17.9. The smallest absolute Gasteiger partial charge is 0.251 e. The predicted molar refractivity (Wildman–Crippen MR) is 118 cm³/mol. The highest BCUT2D eigenvalue weighted by molar-refractivity contribution is 7.91. The highest BCUT2D eigenvalue weighted by Crippen LogP contribution is 2.35. The summed E-state index contributed by atoms with van der Waals surface area (Å²) in [5.41, 5.74) is 0.636. The molecule has 0 bridgehead atoms. The normalized spacial score (nSPS) is 20.0. The number of amides is 1. The lowest BCUT2D eigenvalue weighted by Crippen LogP contribution is -2.56. The first-order valence-electron chi connectivity index (χ1n) is 9.88. The number of hydroxylamine groups is 1. The Morgan fingerprint density at radius 3 is 2.42 bits per heavy atom. The Kier molecular flexibility index (Phi) is 8.10. The number of sulfone groups is 1. The van der Waals surface area contributed by atoms with Crippen molar-refractivity contribution < 1.29 is 26.8 Å². The fourth-order valence-corrected chi connectivity index (χ4v) is 6.77. The van der Waals surface area contributed by atoms with Crippen LogP contribution in [0.5, 0.6) is 0 Å². The van der Waals surface area contributed by atoms with Crippen LogP contribution >= 0.6 is 0 Å². The van der Waals surface area contributed by atoms with Crippen molar-refractivity contribution in [1.82, 2.24) is 9.79 Å². The molecule has 1 aliphatic rings. The summed E-state index contributed by atoms with van der Waals surface area (Å²) in [7, 11) is -7.65. The van der Waals surface area contributed by atoms with Gasteiger partial charge in [0, 0.05) is 18.8 Å². The second-order valence-electron chi connectivity index (χ2n) is 7.82. The van der Waals surface area contributed by atoms with Crippen LogP contribution in [-0.2, 0) is 24.7 Å². The Bertz CT molecular complexity index is 1060. The SMILES string of the molecule is CC#CCNc1ccc(S(=O)(=O)CC2(C(=O)NO)CCCN(S(=O)(=O)C(C)C)C2)cc1. The van der Waals surface area contributed by atoms with Gasteiger partial charge in [-0.25, -0.2) is 26.6 Å². The summed E-state index contributed by atoms with van der Waals surface area (Å²) in [5, 5.41) is 11.6. The minimum Gasteiger partial charge on any atom is -0.374 e. The van der Waals surface area contributed by atoms with Gasteiger partial charge in [0.2, 0.25) is 10.0 Å². The van der Waals surface area contributed by atoms with Gasteiger partial charge in [-0.3, -0.25) is 10.0 Å². The average Bonchev–Trinajstić information content (AvgIpc) is 2.73. The Hall–Kier alpha value is -2.13. The van der Waals surface area contributed by atoms with Crippen LogP contribution in [0.15, 0.2) is 29.2 Å². The maximum Gasteiger partial charge on any atom is 0.251 e. The molecule has 1 aliphatic heterocycles. The van der Waals surface area contributed by atoms with Crippen molar-refractivity contribution in [2.75, 3.05) is 30.7 Å². The monoisotopic (exact) mass is 471 g/mol. The standard InChI is InChI=1S/C20H29N3O6S2/c1-4-5-12-21-17-7-9-18(10-8-17)30(26,27)15-20(19(24)22-25)11-6-13-23(14-20)31(28,29)16(2)3/h7-10,16,21,25H,6,11-15H2,1-3H3,(H,22,24). The molecule has 0 aromatic heterocycles. The molecule has 9 nitrogen and oxygen atoms in total. The van der Waals surface area contributed by atoms with Crippen LogP contribution in [0.2, 0.25) is 0 Å². The maximum atomic E-state index is 13.1. The fraction of sp³-hybridized carbons (Fsp3) is 0.550. The number of nitrogens with one attached hydrogen (secondary N) is 2. The Labute approximate surface area is 184 Å². The Balaban J connectivity index is 2.32. The number of piperidine rings is 1. The molecule has 0 aliphatic carbocycles. The molecule has 1 aromatic rings. The number of hydrogen-bond donors (Lipinski definition) is 3. The molecule has 31 heavy (non-hydrogen) atoms. The summed E-state index contributed by atoms with van der Waals surface area (Å²) in [6.45, 7) is 5.07. The highest BCUT2D eigenvalue weighted by Gasteiger charge is 2.48. The van der Waals surface area contributed by atoms with Crippen molar-refractivity contribution >= 4 is 31.5 Å². The fourth-order valence-electron chi connectivity index (χ4n) is 3.55. The van der Waals surface area contributed by atoms with Gasteiger partial charge in [0.1, 0.15) is 0 Å². The molecule has 2 rings (SSSR count). The molecule has 11 heteroatoms. The average molecular weight is 472 g/mol. The zero-order chi connectivity index (χ0) is 23.3. The minimum atomic E-state index is -3.95. The number of benzene rings is 1. The van der Waals surface area contributed by atoms with E-state index in [2.05, 4.69) is 17.2 Å². The molecule has 0 radical (unpaired) electrons. The first-order chi connectivity index (χ1) is 14.5. The molecule has 172 valence electrons. The molecule has 1 fully saturated rings. The van der Waals surface area contributed by atoms with Crippen molar-refractivity contribution in [3.05, 3.63) is 24.3 Å². The van der Waals surface area contributed by atoms with Crippen LogP contribution in [0, 0.1) is 17.3 Å². The summed E-state index contributed by atoms with van der Waals surface area (Å²) in [4.78, 5) is 12.6. The summed E-state index contributed by atoms with van der Waals surface area (Å²) in [6, 6.07) is 6.04. The number of carbonyl (C=O) groups is 1. The summed E-state index contributed by atoms with van der Waals surface area (Å²) >= 11 is 0. The molecule has 0 saturated carbocycles. The van der Waals surface area contributed by atoms with Crippen LogP contribution in [-0.4, -0.2) is 62.9 Å². The van der Waals surface area contributed by atoms with E-state index in [4.69, 9.17) is 0 Å². The number of sulfonamides is 1. The van der Waals surface area contributed by atoms with Gasteiger partial charge in [-0.1, -0.05) is 5.92 Å². The molecular formula is C20H29N3O6S2. The predicted octanol–water partition coefficient (Wildman–Crippen LogP) is 1.22. The van der Waals surface area contributed by atoms with Gasteiger partial charge < -0.3 is 5.32 Å². The van der Waals surface area contributed by atoms with E-state index in [1.54, 1.807) is 24.5 Å². The summed E-state index contributed by atoms with van der Waals surface area (Å²) in [6.07, 6.45) is 0.439. The molecule has 1 unspecified atom stereocenters. The van der Waals surface area contributed by atoms with Gasteiger partial charge >= 0.3 is 0 Å². The van der Waals surface area contributed by atoms with Gasteiger partial charge in [0.05, 0.1) is 27.9 Å². The van der Waals surface area contributed by atoms with E-state index >= 15 is 0 Å². The van der Waals surface area contributed by atoms with Gasteiger partial charge in [0.15, 0.2) is 9.84 Å². The van der Waals surface area contributed by atoms with E-state index in [0.717, 1.165) is 4.31 Å². The van der Waals surface area contributed by atoms with Crippen LogP contribution in [0.4, 0.5) is 5.69 Å². The van der Waals surface area contributed by atoms with Crippen molar-refractivity contribution in [2.24, 2.45) is 5.41 Å². The lowest BCUT2D eigenvalue weighted by molar-refractivity contribution is -0.140. The number of nitrogens with zero attached hydrogens (tertiary/aromatic N) is 1. The third-order valence-corrected chi connectivity index (χ3v) is 9.46. The Morgan fingerprint density at radius 1 is 1.23 bits per heavy atom. The Morgan fingerprint density at radius 2 is 1.87 bits per heavy atom. The van der Waals surface area contributed by atoms with E-state index < -0.39 is 42.2 Å². The van der Waals surface area contributed by atoms with Crippen molar-refractivity contribution in [2.45, 2.75) is 43.8 Å². The summed E-state index contributed by atoms with van der Waals surface area (Å²) < 4.78 is 52.6. The third kappa shape index (κ3) is 5.77. The maximum absolute atomic E-state index is 13.1. The largest absolute Gasteiger partial charge is 0.374 e. The third-order valence-electron chi connectivity index (χ3n) is 5.32. The second kappa shape index (κ2) is 9.99. The van der Waals surface area contributed by atoms with Crippen molar-refractivity contribution in [3.8, 4) is 11.8 Å². The lowest BCUT2D eigenvalue weighted by Gasteiger charge is -2.40. The molecule has 0 spiro atoms. The molecule has 1 aromatic carbocycles. The minimum absolute atomic E-state index is 0.00795. The van der Waals surface area contributed by atoms with Crippen molar-refractivity contribution in [1.29, 1.82) is 0 Å². The molecule has 3 N–H and O–H groups in total. The van der Waals surface area contributed by atoms with E-state index in [1.165, 1.54) is 26.0 Å². The molecule has 1 heterocycles. The van der Waals surface area contributed by atoms with Gasteiger partial charge in [-0.05, 0) is 57.9 Å². The van der Waals surface area contributed by atoms with E-state index in [1.807, 2.05) is 0 Å². The number of hydrogen-bond acceptors (Lipinski definition) is 7. The van der Waals surface area contributed by atoms with Crippen molar-refractivity contribution in [3.63, 3.8) is 0 Å². The van der Waals surface area contributed by atoms with Crippen LogP contribution in [0.1, 0.15) is 33.6 Å². The number of carbonyl (C=O) groups excluding carboxylic acids is 1. The number of rotatable bonds is 8. The van der Waals surface area contributed by atoms with Crippen LogP contribution < -0.4 is 10.8 Å². The van der Waals surface area contributed by atoms with E-state index in [9.17, 15) is 26.8 Å². The number of anilines is 1. The molecular weight excluding hydrogens is 442 g/mol. The summed E-state index contributed by atoms with van der Waals surface area (Å²) in [5.74, 6) is 4.06. The van der Waals surface area contributed by atoms with Gasteiger partial charge in [-0.15, -0.1) is 5.92 Å². The van der Waals surface area contributed by atoms with E-state index in [-0.39, 0.29) is 24.4 Å². The van der Waals surface area contributed by atoms with Gasteiger partial charge in [0.25, 0.3) is 5.91 Å². The quantitative estimate of drug-likeness (QED) is 0.295. The first kappa shape index (κ1) is 25.1. The van der Waals surface area contributed by atoms with Crippen LogP contribution in [0.25, 0.3) is 0 Å². The molecule has 1 saturated heterocycles. The zero-order valence-corrected chi connectivity index (χ0v) is 19.5. The highest BCUT2D eigenvalue weighted by atomic mass is 32.2. The first-order valence-corrected chi connectivity index (χ1v) is 13.0. The topological polar surface area (TPSA) is 133 Å². The molecule has 1 atom stereocenters.